The van der Waals surface area contributed by atoms with E-state index in [4.69, 9.17) is 9.73 Å². The quantitative estimate of drug-likeness (QED) is 0.243. The van der Waals surface area contributed by atoms with E-state index in [1.807, 2.05) is 33.8 Å². The Morgan fingerprint density at radius 1 is 1.19 bits per heavy atom. The first-order valence-corrected chi connectivity index (χ1v) is 12.2. The van der Waals surface area contributed by atoms with Crippen molar-refractivity contribution in [3.63, 3.8) is 0 Å². The molecular formula is C25H43N5O2. The molecule has 0 atom stereocenters. The lowest BCUT2D eigenvalue weighted by molar-refractivity contribution is -0.154. The maximum Gasteiger partial charge on any atom is 0.306 e. The number of hydrogen-bond acceptors (Lipinski definition) is 5. The lowest BCUT2D eigenvalue weighted by Gasteiger charge is -2.34. The average molecular weight is 446 g/mol. The number of aryl methyl sites for hydroxylation is 1. The van der Waals surface area contributed by atoms with Crippen LogP contribution in [0.2, 0.25) is 0 Å². The number of aromatic nitrogens is 1. The van der Waals surface area contributed by atoms with E-state index in [2.05, 4.69) is 39.6 Å². The van der Waals surface area contributed by atoms with E-state index in [1.54, 1.807) is 0 Å². The van der Waals surface area contributed by atoms with Crippen LogP contribution in [0.15, 0.2) is 23.2 Å². The average Bonchev–Trinajstić information content (AvgIpc) is 2.72. The molecule has 180 valence electrons. The minimum atomic E-state index is -0.393. The first-order chi connectivity index (χ1) is 15.3. The number of anilines is 1. The molecule has 32 heavy (non-hydrogen) atoms. The Bertz CT molecular complexity index is 721. The molecule has 0 saturated carbocycles. The second-order valence-corrected chi connectivity index (χ2v) is 9.55. The normalized spacial score (nSPS) is 15.5. The molecular weight excluding hydrogens is 402 g/mol. The zero-order valence-corrected chi connectivity index (χ0v) is 20.7. The Balaban J connectivity index is 1.65. The molecule has 1 fully saturated rings. The van der Waals surface area contributed by atoms with Crippen LogP contribution in [0.25, 0.3) is 0 Å². The van der Waals surface area contributed by atoms with Crippen LogP contribution >= 0.6 is 0 Å². The van der Waals surface area contributed by atoms with E-state index >= 15 is 0 Å². The minimum Gasteiger partial charge on any atom is -0.460 e. The van der Waals surface area contributed by atoms with Crippen LogP contribution in [0, 0.1) is 6.92 Å². The van der Waals surface area contributed by atoms with E-state index in [1.165, 1.54) is 0 Å². The largest absolute Gasteiger partial charge is 0.460 e. The standard InChI is InChI=1S/C25H43N5O2/c1-6-26-24(27-17-10-8-7-9-14-23(31)32-25(3,4)5)29-21-15-18-30(19-16-21)22-13-11-12-20(2)28-22/h11-13,21H,6-10,14-19H2,1-5H3,(H2,26,27,29). The first-order valence-electron chi connectivity index (χ1n) is 12.2. The van der Waals surface area contributed by atoms with Crippen molar-refractivity contribution < 1.29 is 9.53 Å². The highest BCUT2D eigenvalue weighted by Crippen LogP contribution is 2.18. The Kier molecular flexibility index (Phi) is 10.8. The molecule has 0 bridgehead atoms. The van der Waals surface area contributed by atoms with Crippen molar-refractivity contribution >= 4 is 17.7 Å². The van der Waals surface area contributed by atoms with Crippen LogP contribution in [0.3, 0.4) is 0 Å². The number of nitrogens with one attached hydrogen (secondary N) is 2. The molecule has 1 aromatic heterocycles. The Labute approximate surface area is 194 Å². The molecule has 0 aliphatic carbocycles. The summed E-state index contributed by atoms with van der Waals surface area (Å²) in [5, 5.41) is 6.98. The summed E-state index contributed by atoms with van der Waals surface area (Å²) in [5.41, 5.74) is 0.671. The number of pyridine rings is 1. The van der Waals surface area contributed by atoms with Crippen molar-refractivity contribution in [2.75, 3.05) is 31.1 Å². The van der Waals surface area contributed by atoms with E-state index in [9.17, 15) is 4.79 Å². The number of ether oxygens (including phenoxy) is 1. The smallest absolute Gasteiger partial charge is 0.306 e. The van der Waals surface area contributed by atoms with E-state index in [-0.39, 0.29) is 5.97 Å². The molecule has 1 aromatic rings. The molecule has 2 rings (SSSR count). The number of piperidine rings is 1. The summed E-state index contributed by atoms with van der Waals surface area (Å²) in [5.74, 6) is 1.89. The van der Waals surface area contributed by atoms with E-state index in [0.717, 1.165) is 82.2 Å². The van der Waals surface area contributed by atoms with Crippen molar-refractivity contribution in [2.45, 2.75) is 91.2 Å². The Morgan fingerprint density at radius 3 is 2.56 bits per heavy atom. The molecule has 2 heterocycles. The lowest BCUT2D eigenvalue weighted by atomic mass is 10.1. The van der Waals surface area contributed by atoms with Crippen LogP contribution in [0.4, 0.5) is 5.82 Å². The van der Waals surface area contributed by atoms with Crippen LogP contribution in [-0.2, 0) is 9.53 Å². The Hall–Kier alpha value is -2.31. The predicted molar refractivity (Wildman–Crippen MR) is 132 cm³/mol. The molecule has 0 radical (unpaired) electrons. The highest BCUT2D eigenvalue weighted by molar-refractivity contribution is 5.80. The number of esters is 1. The van der Waals surface area contributed by atoms with Crippen LogP contribution < -0.4 is 15.5 Å². The highest BCUT2D eigenvalue weighted by atomic mass is 16.6. The third kappa shape index (κ3) is 10.3. The number of carbonyl (C=O) groups excluding carboxylic acids is 1. The fourth-order valence-corrected chi connectivity index (χ4v) is 3.79. The summed E-state index contributed by atoms with van der Waals surface area (Å²) in [6, 6.07) is 6.65. The molecule has 7 nitrogen and oxygen atoms in total. The van der Waals surface area contributed by atoms with Gasteiger partial charge in [0.25, 0.3) is 0 Å². The summed E-state index contributed by atoms with van der Waals surface area (Å²) >= 11 is 0. The molecule has 2 N–H and O–H groups in total. The summed E-state index contributed by atoms with van der Waals surface area (Å²) in [4.78, 5) is 23.5. The first kappa shape index (κ1) is 25.9. The maximum absolute atomic E-state index is 11.7. The van der Waals surface area contributed by atoms with E-state index in [0.29, 0.717) is 12.5 Å². The molecule has 0 aromatic carbocycles. The van der Waals surface area contributed by atoms with Crippen molar-refractivity contribution in [2.24, 2.45) is 4.99 Å². The van der Waals surface area contributed by atoms with Gasteiger partial charge in [-0.3, -0.25) is 9.79 Å². The lowest BCUT2D eigenvalue weighted by Crippen LogP contribution is -2.49. The molecule has 0 amide bonds. The van der Waals surface area contributed by atoms with Gasteiger partial charge in [0.15, 0.2) is 5.96 Å². The number of nitrogens with zero attached hydrogens (tertiary/aromatic N) is 3. The maximum atomic E-state index is 11.7. The SMILES string of the molecule is CCNC(=NCCCCCCC(=O)OC(C)(C)C)NC1CCN(c2cccc(C)n2)CC1. The zero-order chi connectivity index (χ0) is 23.4. The Morgan fingerprint density at radius 2 is 1.91 bits per heavy atom. The number of hydrogen-bond donors (Lipinski definition) is 2. The van der Waals surface area contributed by atoms with Gasteiger partial charge in [-0.15, -0.1) is 0 Å². The fraction of sp³-hybridized carbons (Fsp3) is 0.720. The van der Waals surface area contributed by atoms with Gasteiger partial charge in [0.05, 0.1) is 0 Å². The van der Waals surface area contributed by atoms with Gasteiger partial charge >= 0.3 is 5.97 Å². The van der Waals surface area contributed by atoms with Gasteiger partial charge in [-0.1, -0.05) is 18.9 Å². The number of unbranched alkanes of at least 4 members (excludes halogenated alkanes) is 3. The van der Waals surface area contributed by atoms with Gasteiger partial charge in [-0.05, 0) is 72.4 Å². The van der Waals surface area contributed by atoms with Gasteiger partial charge in [-0.25, -0.2) is 4.98 Å². The van der Waals surface area contributed by atoms with Gasteiger partial charge in [-0.2, -0.15) is 0 Å². The summed E-state index contributed by atoms with van der Waals surface area (Å²) in [7, 11) is 0. The number of carbonyl (C=O) groups is 1. The number of aliphatic imine (C=N–C) groups is 1. The molecule has 0 spiro atoms. The zero-order valence-electron chi connectivity index (χ0n) is 20.7. The van der Waals surface area contributed by atoms with E-state index < -0.39 is 5.60 Å². The molecule has 7 heteroatoms. The second-order valence-electron chi connectivity index (χ2n) is 9.55. The third-order valence-corrected chi connectivity index (χ3v) is 5.36. The van der Waals surface area contributed by atoms with Crippen LogP contribution in [0.1, 0.15) is 78.3 Å². The highest BCUT2D eigenvalue weighted by Gasteiger charge is 2.21. The monoisotopic (exact) mass is 445 g/mol. The number of guanidine groups is 1. The minimum absolute atomic E-state index is 0.0987. The van der Waals surface area contributed by atoms with Gasteiger partial charge in [0.1, 0.15) is 11.4 Å². The van der Waals surface area contributed by atoms with Gasteiger partial charge < -0.3 is 20.3 Å². The van der Waals surface area contributed by atoms with Crippen molar-refractivity contribution in [1.82, 2.24) is 15.6 Å². The number of rotatable bonds is 10. The summed E-state index contributed by atoms with van der Waals surface area (Å²) in [6.45, 7) is 13.5. The predicted octanol–water partition coefficient (Wildman–Crippen LogP) is 4.21. The molecule has 1 aliphatic heterocycles. The van der Waals surface area contributed by atoms with Crippen molar-refractivity contribution in [3.05, 3.63) is 23.9 Å². The van der Waals surface area contributed by atoms with Crippen LogP contribution in [0.5, 0.6) is 0 Å². The summed E-state index contributed by atoms with van der Waals surface area (Å²) in [6.07, 6.45) is 6.67. The molecule has 1 saturated heterocycles. The van der Waals surface area contributed by atoms with Crippen molar-refractivity contribution in [3.8, 4) is 0 Å². The van der Waals surface area contributed by atoms with Crippen molar-refractivity contribution in [1.29, 1.82) is 0 Å². The third-order valence-electron chi connectivity index (χ3n) is 5.36. The second kappa shape index (κ2) is 13.3. The fourth-order valence-electron chi connectivity index (χ4n) is 3.79. The van der Waals surface area contributed by atoms with Gasteiger partial charge in [0.2, 0.25) is 0 Å². The van der Waals surface area contributed by atoms with Gasteiger partial charge in [0, 0.05) is 44.3 Å². The molecule has 0 unspecified atom stereocenters. The molecule has 1 aliphatic rings. The van der Waals surface area contributed by atoms with Crippen LogP contribution in [-0.4, -0.2) is 54.7 Å². The summed E-state index contributed by atoms with van der Waals surface area (Å²) < 4.78 is 5.35. The topological polar surface area (TPSA) is 78.8 Å².